The van der Waals surface area contributed by atoms with Gasteiger partial charge in [-0.3, -0.25) is 24.3 Å². The number of aryl methyl sites for hydroxylation is 3. The Balaban J connectivity index is 1.91. The van der Waals surface area contributed by atoms with Gasteiger partial charge in [0.2, 0.25) is 5.69 Å². The summed E-state index contributed by atoms with van der Waals surface area (Å²) in [6.07, 6.45) is 1.10. The summed E-state index contributed by atoms with van der Waals surface area (Å²) in [6.45, 7) is 8.38. The third-order valence-electron chi connectivity index (χ3n) is 4.73. The van der Waals surface area contributed by atoms with Gasteiger partial charge in [0.15, 0.2) is 0 Å². The van der Waals surface area contributed by atoms with Crippen molar-refractivity contribution in [2.45, 2.75) is 40.8 Å². The second-order valence-corrected chi connectivity index (χ2v) is 6.54. The van der Waals surface area contributed by atoms with Crippen molar-refractivity contribution in [2.24, 2.45) is 0 Å². The highest BCUT2D eigenvalue weighted by molar-refractivity contribution is 6.06. The number of nitrogens with one attached hydrogen (secondary N) is 1. The largest absolute Gasteiger partial charge is 0.320 e. The highest BCUT2D eigenvalue weighted by Crippen LogP contribution is 2.24. The lowest BCUT2D eigenvalue weighted by Crippen LogP contribution is -2.19. The topological polar surface area (TPSA) is 108 Å². The van der Waals surface area contributed by atoms with E-state index in [9.17, 15) is 14.9 Å². The number of amides is 1. The van der Waals surface area contributed by atoms with E-state index in [0.29, 0.717) is 24.5 Å². The van der Waals surface area contributed by atoms with Gasteiger partial charge in [-0.15, -0.1) is 0 Å². The Morgan fingerprint density at radius 3 is 2.57 bits per heavy atom. The molecule has 0 radical (unpaired) electrons. The molecule has 0 fully saturated rings. The predicted octanol–water partition coefficient (Wildman–Crippen LogP) is 3.23. The molecule has 0 aliphatic carbocycles. The van der Waals surface area contributed by atoms with Crippen LogP contribution in [0.3, 0.4) is 0 Å². The molecule has 1 amide bonds. The number of rotatable bonds is 6. The van der Waals surface area contributed by atoms with Gasteiger partial charge in [-0.2, -0.15) is 10.2 Å². The Hall–Kier alpha value is -3.49. The molecule has 0 spiro atoms. The first-order chi connectivity index (χ1) is 13.3. The monoisotopic (exact) mass is 382 g/mol. The SMILES string of the molecule is CCn1ncc([N+](=O)[O-])c1C(=O)Nc1c(C)nn(Cc2ccccc2C)c1C. The van der Waals surface area contributed by atoms with Crippen LogP contribution in [0.15, 0.2) is 30.5 Å². The van der Waals surface area contributed by atoms with E-state index in [1.54, 1.807) is 13.8 Å². The molecule has 9 nitrogen and oxygen atoms in total. The fourth-order valence-corrected chi connectivity index (χ4v) is 3.14. The molecule has 28 heavy (non-hydrogen) atoms. The summed E-state index contributed by atoms with van der Waals surface area (Å²) >= 11 is 0. The minimum Gasteiger partial charge on any atom is -0.317 e. The van der Waals surface area contributed by atoms with Crippen LogP contribution in [0.4, 0.5) is 11.4 Å². The van der Waals surface area contributed by atoms with Gasteiger partial charge >= 0.3 is 5.69 Å². The van der Waals surface area contributed by atoms with Gasteiger partial charge < -0.3 is 5.32 Å². The second-order valence-electron chi connectivity index (χ2n) is 6.54. The zero-order chi connectivity index (χ0) is 20.4. The fraction of sp³-hybridized carbons (Fsp3) is 0.316. The molecule has 2 heterocycles. The van der Waals surface area contributed by atoms with Crippen LogP contribution in [0.25, 0.3) is 0 Å². The van der Waals surface area contributed by atoms with E-state index in [-0.39, 0.29) is 11.4 Å². The molecule has 0 atom stereocenters. The van der Waals surface area contributed by atoms with Gasteiger partial charge in [0, 0.05) is 6.54 Å². The van der Waals surface area contributed by atoms with Crippen molar-refractivity contribution < 1.29 is 9.72 Å². The van der Waals surface area contributed by atoms with Crippen LogP contribution in [-0.2, 0) is 13.1 Å². The molecular formula is C19H22N6O3. The normalized spacial score (nSPS) is 10.9. The van der Waals surface area contributed by atoms with E-state index in [1.807, 2.05) is 42.8 Å². The van der Waals surface area contributed by atoms with Gasteiger partial charge in [-0.25, -0.2) is 0 Å². The molecule has 0 bridgehead atoms. The van der Waals surface area contributed by atoms with Gasteiger partial charge in [0.1, 0.15) is 6.20 Å². The number of carbonyl (C=O) groups is 1. The number of hydrogen-bond donors (Lipinski definition) is 1. The second kappa shape index (κ2) is 7.63. The van der Waals surface area contributed by atoms with Crippen molar-refractivity contribution in [3.8, 4) is 0 Å². The molecular weight excluding hydrogens is 360 g/mol. The molecule has 3 aromatic rings. The molecule has 1 aromatic carbocycles. The highest BCUT2D eigenvalue weighted by atomic mass is 16.6. The molecule has 1 N–H and O–H groups in total. The maximum absolute atomic E-state index is 12.8. The van der Waals surface area contributed by atoms with E-state index in [0.717, 1.165) is 23.0 Å². The average Bonchev–Trinajstić information content (AvgIpc) is 3.20. The first-order valence-electron chi connectivity index (χ1n) is 8.93. The van der Waals surface area contributed by atoms with Gasteiger partial charge in [-0.1, -0.05) is 24.3 Å². The smallest absolute Gasteiger partial charge is 0.317 e. The van der Waals surface area contributed by atoms with Gasteiger partial charge in [0.25, 0.3) is 5.91 Å². The summed E-state index contributed by atoms with van der Waals surface area (Å²) < 4.78 is 3.13. The fourth-order valence-electron chi connectivity index (χ4n) is 3.14. The van der Waals surface area contributed by atoms with Crippen molar-refractivity contribution >= 4 is 17.3 Å². The highest BCUT2D eigenvalue weighted by Gasteiger charge is 2.27. The minimum atomic E-state index is -0.602. The van der Waals surface area contributed by atoms with Crippen molar-refractivity contribution in [1.29, 1.82) is 0 Å². The molecule has 0 saturated heterocycles. The van der Waals surface area contributed by atoms with E-state index in [1.165, 1.54) is 4.68 Å². The summed E-state index contributed by atoms with van der Waals surface area (Å²) in [5.41, 5.74) is 3.87. The van der Waals surface area contributed by atoms with Crippen LogP contribution in [0, 0.1) is 30.9 Å². The zero-order valence-electron chi connectivity index (χ0n) is 16.3. The predicted molar refractivity (Wildman–Crippen MR) is 104 cm³/mol. The Morgan fingerprint density at radius 1 is 1.21 bits per heavy atom. The summed E-state index contributed by atoms with van der Waals surface area (Å²) in [5.74, 6) is -0.576. The zero-order valence-corrected chi connectivity index (χ0v) is 16.3. The maximum atomic E-state index is 12.8. The first-order valence-corrected chi connectivity index (χ1v) is 8.93. The van der Waals surface area contributed by atoms with Crippen molar-refractivity contribution in [3.63, 3.8) is 0 Å². The minimum absolute atomic E-state index is 0.0713. The summed E-state index contributed by atoms with van der Waals surface area (Å²) in [5, 5.41) is 22.5. The Morgan fingerprint density at radius 2 is 1.93 bits per heavy atom. The summed E-state index contributed by atoms with van der Waals surface area (Å²) in [4.78, 5) is 23.4. The number of nitro groups is 1. The number of benzene rings is 1. The quantitative estimate of drug-likeness (QED) is 0.520. The lowest BCUT2D eigenvalue weighted by molar-refractivity contribution is -0.385. The Kier molecular flexibility index (Phi) is 5.25. The first kappa shape index (κ1) is 19.3. The van der Waals surface area contributed by atoms with Crippen LogP contribution < -0.4 is 5.32 Å². The van der Waals surface area contributed by atoms with Crippen LogP contribution in [0.1, 0.15) is 39.9 Å². The number of aromatic nitrogens is 4. The van der Waals surface area contributed by atoms with Crippen molar-refractivity contribution in [3.05, 3.63) is 68.8 Å². The lowest BCUT2D eigenvalue weighted by Gasteiger charge is -2.09. The molecule has 0 unspecified atom stereocenters. The molecule has 0 aliphatic rings. The Labute approximate surface area is 162 Å². The third-order valence-corrected chi connectivity index (χ3v) is 4.73. The molecule has 0 saturated carbocycles. The van der Waals surface area contributed by atoms with Gasteiger partial charge in [-0.05, 0) is 38.8 Å². The number of hydrogen-bond acceptors (Lipinski definition) is 5. The van der Waals surface area contributed by atoms with Gasteiger partial charge in [0.05, 0.1) is 28.5 Å². The number of anilines is 1. The average molecular weight is 382 g/mol. The number of carbonyl (C=O) groups excluding carboxylic acids is 1. The van der Waals surface area contributed by atoms with Crippen molar-refractivity contribution in [1.82, 2.24) is 19.6 Å². The van der Waals surface area contributed by atoms with E-state index >= 15 is 0 Å². The molecule has 0 aliphatic heterocycles. The van der Waals surface area contributed by atoms with E-state index in [2.05, 4.69) is 15.5 Å². The van der Waals surface area contributed by atoms with E-state index < -0.39 is 10.8 Å². The lowest BCUT2D eigenvalue weighted by atomic mass is 10.1. The van der Waals surface area contributed by atoms with Crippen LogP contribution in [0.2, 0.25) is 0 Å². The van der Waals surface area contributed by atoms with Crippen LogP contribution in [-0.4, -0.2) is 30.4 Å². The number of nitrogens with zero attached hydrogens (tertiary/aromatic N) is 5. The van der Waals surface area contributed by atoms with Crippen LogP contribution >= 0.6 is 0 Å². The van der Waals surface area contributed by atoms with Crippen molar-refractivity contribution in [2.75, 3.05) is 5.32 Å². The maximum Gasteiger partial charge on any atom is 0.320 e. The summed E-state index contributed by atoms with van der Waals surface area (Å²) in [7, 11) is 0. The molecule has 2 aromatic heterocycles. The molecule has 3 rings (SSSR count). The Bertz CT molecular complexity index is 1050. The van der Waals surface area contributed by atoms with E-state index in [4.69, 9.17) is 0 Å². The third kappa shape index (κ3) is 3.51. The molecule has 9 heteroatoms. The summed E-state index contributed by atoms with van der Waals surface area (Å²) in [6, 6.07) is 8.03. The standard InChI is InChI=1S/C19H22N6O3/c1-5-23-18(16(10-20-23)25(27)28)19(26)21-17-13(3)22-24(14(17)4)11-15-9-7-6-8-12(15)2/h6-10H,5,11H2,1-4H3,(H,21,26). The van der Waals surface area contributed by atoms with Crippen LogP contribution in [0.5, 0.6) is 0 Å². The molecule has 146 valence electrons.